The van der Waals surface area contributed by atoms with Gasteiger partial charge in [0.2, 0.25) is 10.9 Å². The molecule has 19 heavy (non-hydrogen) atoms. The molecule has 0 bridgehead atoms. The molecule has 3 rings (SSSR count). The predicted octanol–water partition coefficient (Wildman–Crippen LogP) is 2.02. The molecule has 0 atom stereocenters. The van der Waals surface area contributed by atoms with Gasteiger partial charge in [0.1, 0.15) is 5.01 Å². The predicted molar refractivity (Wildman–Crippen MR) is 75.5 cm³/mol. The molecular weight excluding hydrogens is 280 g/mol. The maximum absolute atomic E-state index is 11.7. The van der Waals surface area contributed by atoms with Crippen LogP contribution in [0, 0.1) is 6.92 Å². The van der Waals surface area contributed by atoms with Crippen LogP contribution in [0.3, 0.4) is 0 Å². The smallest absolute Gasteiger partial charge is 0.225 e. The maximum atomic E-state index is 11.7. The number of imidazole rings is 1. The first kappa shape index (κ1) is 12.3. The number of carbonyl (C=O) groups excluding carboxylic acids is 1. The third-order valence-corrected chi connectivity index (χ3v) is 4.29. The average Bonchev–Trinajstić information content (AvgIpc) is 3.02. The third kappa shape index (κ3) is 2.82. The van der Waals surface area contributed by atoms with Gasteiger partial charge in [-0.05, 0) is 18.4 Å². The summed E-state index contributed by atoms with van der Waals surface area (Å²) in [6.07, 6.45) is 2.28. The standard InChI is InChI=1S/C12H12N4OS2/c1-8-15-16-7-9(14-12(16)19-8)6-13-11(17)5-10-3-2-4-18-10/h2-4,7H,5-6H2,1H3,(H,13,17). The minimum Gasteiger partial charge on any atom is -0.350 e. The highest BCUT2D eigenvalue weighted by atomic mass is 32.1. The zero-order valence-electron chi connectivity index (χ0n) is 10.3. The van der Waals surface area contributed by atoms with Crippen LogP contribution in [0.2, 0.25) is 0 Å². The van der Waals surface area contributed by atoms with Crippen LogP contribution in [0.4, 0.5) is 0 Å². The molecule has 5 nitrogen and oxygen atoms in total. The molecular formula is C12H12N4OS2. The average molecular weight is 292 g/mol. The van der Waals surface area contributed by atoms with E-state index in [9.17, 15) is 4.79 Å². The van der Waals surface area contributed by atoms with E-state index in [0.29, 0.717) is 13.0 Å². The summed E-state index contributed by atoms with van der Waals surface area (Å²) < 4.78 is 1.75. The Kier molecular flexibility index (Phi) is 3.31. The van der Waals surface area contributed by atoms with Crippen LogP contribution in [0.15, 0.2) is 23.7 Å². The lowest BCUT2D eigenvalue weighted by Gasteiger charge is -2.01. The molecule has 0 radical (unpaired) electrons. The van der Waals surface area contributed by atoms with Gasteiger partial charge in [-0.1, -0.05) is 17.4 Å². The van der Waals surface area contributed by atoms with Gasteiger partial charge in [0.05, 0.1) is 24.9 Å². The van der Waals surface area contributed by atoms with E-state index in [1.807, 2.05) is 30.6 Å². The van der Waals surface area contributed by atoms with Crippen molar-refractivity contribution in [3.8, 4) is 0 Å². The van der Waals surface area contributed by atoms with Crippen molar-refractivity contribution in [1.29, 1.82) is 0 Å². The quantitative estimate of drug-likeness (QED) is 0.800. The highest BCUT2D eigenvalue weighted by molar-refractivity contribution is 7.16. The zero-order chi connectivity index (χ0) is 13.2. The minimum absolute atomic E-state index is 0.0166. The summed E-state index contributed by atoms with van der Waals surface area (Å²) in [5.74, 6) is 0.0166. The minimum atomic E-state index is 0.0166. The second-order valence-corrected chi connectivity index (χ2v) is 6.31. The van der Waals surface area contributed by atoms with E-state index < -0.39 is 0 Å². The second kappa shape index (κ2) is 5.10. The monoisotopic (exact) mass is 292 g/mol. The summed E-state index contributed by atoms with van der Waals surface area (Å²) in [5, 5.41) is 10.1. The van der Waals surface area contributed by atoms with Gasteiger partial charge in [0, 0.05) is 4.88 Å². The molecule has 1 amide bonds. The van der Waals surface area contributed by atoms with Crippen molar-refractivity contribution in [1.82, 2.24) is 19.9 Å². The van der Waals surface area contributed by atoms with E-state index >= 15 is 0 Å². The molecule has 0 aliphatic carbocycles. The molecule has 3 heterocycles. The number of nitrogens with zero attached hydrogens (tertiary/aromatic N) is 3. The van der Waals surface area contributed by atoms with Crippen molar-refractivity contribution in [2.75, 3.05) is 0 Å². The highest BCUT2D eigenvalue weighted by Crippen LogP contribution is 2.13. The molecule has 0 saturated carbocycles. The molecule has 3 aromatic rings. The normalized spacial score (nSPS) is 11.0. The number of amides is 1. The molecule has 0 unspecified atom stereocenters. The molecule has 0 aromatic carbocycles. The van der Waals surface area contributed by atoms with Crippen molar-refractivity contribution in [3.05, 3.63) is 39.3 Å². The van der Waals surface area contributed by atoms with Gasteiger partial charge in [0.25, 0.3) is 0 Å². The Balaban J connectivity index is 1.59. The topological polar surface area (TPSA) is 59.3 Å². The number of aryl methyl sites for hydroxylation is 1. The summed E-state index contributed by atoms with van der Waals surface area (Å²) in [4.78, 5) is 18.1. The van der Waals surface area contributed by atoms with Crippen molar-refractivity contribution in [2.24, 2.45) is 0 Å². The Morgan fingerprint density at radius 3 is 3.16 bits per heavy atom. The number of fused-ring (bicyclic) bond motifs is 1. The highest BCUT2D eigenvalue weighted by Gasteiger charge is 2.08. The molecule has 7 heteroatoms. The van der Waals surface area contributed by atoms with Crippen molar-refractivity contribution in [2.45, 2.75) is 19.9 Å². The second-order valence-electron chi connectivity index (χ2n) is 4.11. The summed E-state index contributed by atoms with van der Waals surface area (Å²) in [7, 11) is 0. The SMILES string of the molecule is Cc1nn2cc(CNC(=O)Cc3cccs3)nc2s1. The Hall–Kier alpha value is -1.73. The van der Waals surface area contributed by atoms with Crippen LogP contribution in [0.25, 0.3) is 4.96 Å². The van der Waals surface area contributed by atoms with E-state index in [1.165, 1.54) is 0 Å². The number of hydrogen-bond donors (Lipinski definition) is 1. The van der Waals surface area contributed by atoms with Crippen LogP contribution in [0.5, 0.6) is 0 Å². The molecule has 0 spiro atoms. The zero-order valence-corrected chi connectivity index (χ0v) is 11.9. The van der Waals surface area contributed by atoms with Crippen LogP contribution >= 0.6 is 22.7 Å². The largest absolute Gasteiger partial charge is 0.350 e. The maximum Gasteiger partial charge on any atom is 0.225 e. The van der Waals surface area contributed by atoms with Crippen molar-refractivity contribution < 1.29 is 4.79 Å². The number of rotatable bonds is 4. The Labute approximate surface area is 117 Å². The fraction of sp³-hybridized carbons (Fsp3) is 0.250. The Morgan fingerprint density at radius 1 is 1.53 bits per heavy atom. The van der Waals surface area contributed by atoms with Gasteiger partial charge in [-0.3, -0.25) is 4.79 Å². The van der Waals surface area contributed by atoms with Gasteiger partial charge in [-0.2, -0.15) is 5.10 Å². The van der Waals surface area contributed by atoms with Crippen molar-refractivity contribution in [3.63, 3.8) is 0 Å². The lowest BCUT2D eigenvalue weighted by molar-refractivity contribution is -0.120. The number of hydrogen-bond acceptors (Lipinski definition) is 5. The molecule has 0 aliphatic rings. The van der Waals surface area contributed by atoms with Crippen LogP contribution in [-0.4, -0.2) is 20.5 Å². The van der Waals surface area contributed by atoms with Crippen molar-refractivity contribution >= 4 is 33.5 Å². The van der Waals surface area contributed by atoms with Gasteiger partial charge < -0.3 is 5.32 Å². The third-order valence-electron chi connectivity index (χ3n) is 2.58. The first-order valence-corrected chi connectivity index (χ1v) is 7.51. The molecule has 0 fully saturated rings. The first-order valence-electron chi connectivity index (χ1n) is 5.81. The Morgan fingerprint density at radius 2 is 2.42 bits per heavy atom. The van der Waals surface area contributed by atoms with Crippen LogP contribution < -0.4 is 5.32 Å². The Bertz CT molecular complexity index is 667. The van der Waals surface area contributed by atoms with E-state index in [-0.39, 0.29) is 5.91 Å². The van der Waals surface area contributed by atoms with Crippen LogP contribution in [0.1, 0.15) is 15.6 Å². The van der Waals surface area contributed by atoms with E-state index in [0.717, 1.165) is 20.5 Å². The fourth-order valence-corrected chi connectivity index (χ4v) is 3.20. The van der Waals surface area contributed by atoms with Gasteiger partial charge in [-0.25, -0.2) is 9.50 Å². The van der Waals surface area contributed by atoms with E-state index in [4.69, 9.17) is 0 Å². The summed E-state index contributed by atoms with van der Waals surface area (Å²) in [6, 6.07) is 3.91. The molecule has 0 aliphatic heterocycles. The number of nitrogens with one attached hydrogen (secondary N) is 1. The molecule has 1 N–H and O–H groups in total. The summed E-state index contributed by atoms with van der Waals surface area (Å²) in [5.41, 5.74) is 0.832. The molecule has 98 valence electrons. The fourth-order valence-electron chi connectivity index (χ4n) is 1.75. The number of carbonyl (C=O) groups is 1. The first-order chi connectivity index (χ1) is 9.20. The molecule has 3 aromatic heterocycles. The lowest BCUT2D eigenvalue weighted by Crippen LogP contribution is -2.24. The van der Waals surface area contributed by atoms with E-state index in [1.54, 1.807) is 27.2 Å². The van der Waals surface area contributed by atoms with Gasteiger partial charge >= 0.3 is 0 Å². The van der Waals surface area contributed by atoms with Crippen LogP contribution in [-0.2, 0) is 17.8 Å². The molecule has 0 saturated heterocycles. The number of aromatic nitrogens is 3. The number of thiophene rings is 1. The summed E-state index contributed by atoms with van der Waals surface area (Å²) in [6.45, 7) is 2.39. The van der Waals surface area contributed by atoms with Gasteiger partial charge in [0.15, 0.2) is 0 Å². The lowest BCUT2D eigenvalue weighted by atomic mass is 10.3. The van der Waals surface area contributed by atoms with E-state index in [2.05, 4.69) is 15.4 Å². The van der Waals surface area contributed by atoms with Gasteiger partial charge in [-0.15, -0.1) is 11.3 Å². The summed E-state index contributed by atoms with van der Waals surface area (Å²) >= 11 is 3.13.